The summed E-state index contributed by atoms with van der Waals surface area (Å²) in [4.78, 5) is 6.99. The Bertz CT molecular complexity index is 415. The van der Waals surface area contributed by atoms with Crippen LogP contribution in [0.2, 0.25) is 0 Å². The van der Waals surface area contributed by atoms with Crippen LogP contribution in [0.25, 0.3) is 0 Å². The maximum absolute atomic E-state index is 5.80. The zero-order valence-corrected chi connectivity index (χ0v) is 12.2. The van der Waals surface area contributed by atoms with E-state index >= 15 is 0 Å². The third-order valence-electron chi connectivity index (χ3n) is 4.08. The Labute approximate surface area is 119 Å². The first-order valence-corrected chi connectivity index (χ1v) is 7.75. The molecule has 20 heavy (non-hydrogen) atoms. The molecule has 0 aliphatic carbocycles. The van der Waals surface area contributed by atoms with Crippen LogP contribution in [-0.4, -0.2) is 54.4 Å². The standard InChI is InChI=1S/C14H24N4O2/c1-2-6-18-7-8-19-12(10-18)13-16-14(20-17-13)11-4-3-5-15-9-11/h11-12,15H,2-10H2,1H3/t11-,12?/m1/s1. The Morgan fingerprint density at radius 3 is 3.20 bits per heavy atom. The summed E-state index contributed by atoms with van der Waals surface area (Å²) in [7, 11) is 0. The first-order valence-electron chi connectivity index (χ1n) is 7.75. The molecule has 3 rings (SSSR count). The van der Waals surface area contributed by atoms with Crippen LogP contribution in [0, 0.1) is 0 Å². The molecule has 1 N–H and O–H groups in total. The van der Waals surface area contributed by atoms with E-state index in [1.807, 2.05) is 0 Å². The number of rotatable bonds is 4. The molecule has 2 saturated heterocycles. The Balaban J connectivity index is 1.63. The minimum Gasteiger partial charge on any atom is -0.367 e. The van der Waals surface area contributed by atoms with Crippen LogP contribution in [0.1, 0.15) is 49.9 Å². The van der Waals surface area contributed by atoms with Crippen LogP contribution in [-0.2, 0) is 4.74 Å². The lowest BCUT2D eigenvalue weighted by molar-refractivity contribution is -0.0350. The van der Waals surface area contributed by atoms with Crippen molar-refractivity contribution in [3.05, 3.63) is 11.7 Å². The number of aromatic nitrogens is 2. The molecule has 1 aromatic heterocycles. The molecule has 2 aliphatic heterocycles. The van der Waals surface area contributed by atoms with Gasteiger partial charge in [0.2, 0.25) is 11.7 Å². The number of piperidine rings is 1. The molecule has 0 radical (unpaired) electrons. The smallest absolute Gasteiger partial charge is 0.231 e. The summed E-state index contributed by atoms with van der Waals surface area (Å²) in [5, 5.41) is 7.52. The van der Waals surface area contributed by atoms with E-state index in [4.69, 9.17) is 9.26 Å². The van der Waals surface area contributed by atoms with Gasteiger partial charge in [-0.15, -0.1) is 0 Å². The molecule has 6 nitrogen and oxygen atoms in total. The fourth-order valence-corrected chi connectivity index (χ4v) is 2.98. The summed E-state index contributed by atoms with van der Waals surface area (Å²) < 4.78 is 11.3. The van der Waals surface area contributed by atoms with Gasteiger partial charge in [0.25, 0.3) is 0 Å². The summed E-state index contributed by atoms with van der Waals surface area (Å²) in [6.07, 6.45) is 3.43. The van der Waals surface area contributed by atoms with Crippen LogP contribution in [0.4, 0.5) is 0 Å². The Morgan fingerprint density at radius 1 is 1.45 bits per heavy atom. The molecule has 2 atom stereocenters. The fraction of sp³-hybridized carbons (Fsp3) is 0.857. The van der Waals surface area contributed by atoms with E-state index in [9.17, 15) is 0 Å². The number of morpholine rings is 1. The SMILES string of the molecule is CCCN1CCOC(c2noc([C@@H]3CCCNC3)n2)C1. The van der Waals surface area contributed by atoms with Crippen molar-refractivity contribution in [1.29, 1.82) is 0 Å². The molecule has 1 aromatic rings. The molecular formula is C14H24N4O2. The van der Waals surface area contributed by atoms with Crippen molar-refractivity contribution >= 4 is 0 Å². The van der Waals surface area contributed by atoms with E-state index in [1.54, 1.807) is 0 Å². The van der Waals surface area contributed by atoms with E-state index in [0.29, 0.717) is 11.7 Å². The average Bonchev–Trinajstić information content (AvgIpc) is 2.99. The fourth-order valence-electron chi connectivity index (χ4n) is 2.98. The monoisotopic (exact) mass is 280 g/mol. The number of ether oxygens (including phenoxy) is 1. The normalized spacial score (nSPS) is 28.6. The molecule has 2 aliphatic rings. The molecular weight excluding hydrogens is 256 g/mol. The molecule has 1 unspecified atom stereocenters. The van der Waals surface area contributed by atoms with E-state index in [-0.39, 0.29) is 6.10 Å². The maximum Gasteiger partial charge on any atom is 0.231 e. The third kappa shape index (κ3) is 3.19. The predicted molar refractivity (Wildman–Crippen MR) is 74.6 cm³/mol. The summed E-state index contributed by atoms with van der Waals surface area (Å²) in [6, 6.07) is 0. The molecule has 3 heterocycles. The summed E-state index contributed by atoms with van der Waals surface area (Å²) in [6.45, 7) is 7.96. The van der Waals surface area contributed by atoms with Gasteiger partial charge < -0.3 is 14.6 Å². The summed E-state index contributed by atoms with van der Waals surface area (Å²) in [5.74, 6) is 1.84. The van der Waals surface area contributed by atoms with E-state index in [1.165, 1.54) is 6.42 Å². The second-order valence-electron chi connectivity index (χ2n) is 5.69. The zero-order chi connectivity index (χ0) is 13.8. The van der Waals surface area contributed by atoms with Crippen molar-refractivity contribution in [2.24, 2.45) is 0 Å². The Kier molecular flexibility index (Phi) is 4.65. The quantitative estimate of drug-likeness (QED) is 0.897. The van der Waals surface area contributed by atoms with Crippen LogP contribution < -0.4 is 5.32 Å². The van der Waals surface area contributed by atoms with Gasteiger partial charge in [-0.3, -0.25) is 4.90 Å². The molecule has 2 fully saturated rings. The van der Waals surface area contributed by atoms with E-state index in [0.717, 1.165) is 58.1 Å². The third-order valence-corrected chi connectivity index (χ3v) is 4.08. The topological polar surface area (TPSA) is 63.4 Å². The lowest BCUT2D eigenvalue weighted by Crippen LogP contribution is -2.39. The number of hydrogen-bond donors (Lipinski definition) is 1. The van der Waals surface area contributed by atoms with E-state index < -0.39 is 0 Å². The van der Waals surface area contributed by atoms with Gasteiger partial charge in [0.05, 0.1) is 12.5 Å². The van der Waals surface area contributed by atoms with Crippen molar-refractivity contribution in [2.75, 3.05) is 39.3 Å². The average molecular weight is 280 g/mol. The van der Waals surface area contributed by atoms with E-state index in [2.05, 4.69) is 27.3 Å². The number of nitrogens with one attached hydrogen (secondary N) is 1. The molecule has 0 aromatic carbocycles. The summed E-state index contributed by atoms with van der Waals surface area (Å²) in [5.41, 5.74) is 0. The second kappa shape index (κ2) is 6.65. The first kappa shape index (κ1) is 14.0. The maximum atomic E-state index is 5.80. The van der Waals surface area contributed by atoms with Crippen molar-refractivity contribution < 1.29 is 9.26 Å². The summed E-state index contributed by atoms with van der Waals surface area (Å²) >= 11 is 0. The number of nitrogens with zero attached hydrogens (tertiary/aromatic N) is 3. The highest BCUT2D eigenvalue weighted by Crippen LogP contribution is 2.25. The molecule has 0 saturated carbocycles. The van der Waals surface area contributed by atoms with Gasteiger partial charge in [-0.2, -0.15) is 4.98 Å². The zero-order valence-electron chi connectivity index (χ0n) is 12.2. The van der Waals surface area contributed by atoms with Crippen LogP contribution in [0.5, 0.6) is 0 Å². The van der Waals surface area contributed by atoms with Gasteiger partial charge in [0, 0.05) is 19.6 Å². The van der Waals surface area contributed by atoms with Gasteiger partial charge in [0.1, 0.15) is 6.10 Å². The highest BCUT2D eigenvalue weighted by Gasteiger charge is 2.28. The largest absolute Gasteiger partial charge is 0.367 e. The second-order valence-corrected chi connectivity index (χ2v) is 5.69. The van der Waals surface area contributed by atoms with Crippen LogP contribution in [0.3, 0.4) is 0 Å². The van der Waals surface area contributed by atoms with Gasteiger partial charge in [0.15, 0.2) is 0 Å². The lowest BCUT2D eigenvalue weighted by atomic mass is 10.00. The van der Waals surface area contributed by atoms with Crippen molar-refractivity contribution in [3.63, 3.8) is 0 Å². The van der Waals surface area contributed by atoms with Gasteiger partial charge in [-0.05, 0) is 32.4 Å². The minimum atomic E-state index is -0.0376. The Morgan fingerprint density at radius 2 is 2.40 bits per heavy atom. The first-order chi connectivity index (χ1) is 9.86. The highest BCUT2D eigenvalue weighted by molar-refractivity contribution is 5.00. The minimum absolute atomic E-state index is 0.0376. The highest BCUT2D eigenvalue weighted by atomic mass is 16.5. The molecule has 6 heteroatoms. The Hall–Kier alpha value is -0.980. The van der Waals surface area contributed by atoms with Crippen molar-refractivity contribution in [1.82, 2.24) is 20.4 Å². The van der Waals surface area contributed by atoms with Gasteiger partial charge >= 0.3 is 0 Å². The molecule has 0 bridgehead atoms. The van der Waals surface area contributed by atoms with Crippen LogP contribution >= 0.6 is 0 Å². The predicted octanol–water partition coefficient (Wildman–Crippen LogP) is 1.32. The van der Waals surface area contributed by atoms with Crippen LogP contribution in [0.15, 0.2) is 4.52 Å². The lowest BCUT2D eigenvalue weighted by Gasteiger charge is -2.30. The molecule has 0 amide bonds. The number of hydrogen-bond acceptors (Lipinski definition) is 6. The molecule has 0 spiro atoms. The van der Waals surface area contributed by atoms with Gasteiger partial charge in [-0.1, -0.05) is 12.1 Å². The van der Waals surface area contributed by atoms with Gasteiger partial charge in [-0.25, -0.2) is 0 Å². The molecule has 112 valence electrons. The van der Waals surface area contributed by atoms with Crippen molar-refractivity contribution in [3.8, 4) is 0 Å². The van der Waals surface area contributed by atoms with Crippen molar-refractivity contribution in [2.45, 2.75) is 38.2 Å².